The topological polar surface area (TPSA) is 35.0 Å². The Morgan fingerprint density at radius 3 is 1.81 bits per heavy atom. The molecule has 0 amide bonds. The standard InChI is InChI=1S/C29H20N2O/c1-32-20-14-12-19(13-15-20)28-22-7-2-4-9-24(22)29(25-10-5-3-8-23(25)28)26-17-30-18-27-21(26)11-6-16-31-27/h2-18H,1H3. The van der Waals surface area contributed by atoms with Gasteiger partial charge in [-0.2, -0.15) is 0 Å². The Hall–Kier alpha value is -4.24. The number of methoxy groups -OCH3 is 1. The van der Waals surface area contributed by atoms with Crippen LogP contribution in [0.3, 0.4) is 0 Å². The van der Waals surface area contributed by atoms with Gasteiger partial charge < -0.3 is 4.74 Å². The van der Waals surface area contributed by atoms with E-state index in [1.54, 1.807) is 7.11 Å². The predicted molar refractivity (Wildman–Crippen MR) is 132 cm³/mol. The fourth-order valence-corrected chi connectivity index (χ4v) is 4.69. The second kappa shape index (κ2) is 7.47. The second-order valence-corrected chi connectivity index (χ2v) is 7.83. The molecular formula is C29H20N2O. The Labute approximate surface area is 186 Å². The molecule has 0 N–H and O–H groups in total. The van der Waals surface area contributed by atoms with Crippen LogP contribution in [0.15, 0.2) is 104 Å². The van der Waals surface area contributed by atoms with Gasteiger partial charge in [0.1, 0.15) is 5.75 Å². The fraction of sp³-hybridized carbons (Fsp3) is 0.0345. The van der Waals surface area contributed by atoms with E-state index in [-0.39, 0.29) is 0 Å². The molecule has 3 nitrogen and oxygen atoms in total. The van der Waals surface area contributed by atoms with E-state index in [0.29, 0.717) is 0 Å². The van der Waals surface area contributed by atoms with Crippen LogP contribution in [-0.4, -0.2) is 17.1 Å². The van der Waals surface area contributed by atoms with Gasteiger partial charge in [0, 0.05) is 23.3 Å². The number of nitrogens with zero attached hydrogens (tertiary/aromatic N) is 2. The van der Waals surface area contributed by atoms with Crippen LogP contribution in [-0.2, 0) is 0 Å². The summed E-state index contributed by atoms with van der Waals surface area (Å²) in [5.41, 5.74) is 5.60. The van der Waals surface area contributed by atoms with E-state index in [1.807, 2.05) is 36.8 Å². The number of ether oxygens (including phenoxy) is 1. The van der Waals surface area contributed by atoms with Crippen LogP contribution in [0, 0.1) is 0 Å². The largest absolute Gasteiger partial charge is 0.497 e. The third-order valence-corrected chi connectivity index (χ3v) is 6.11. The van der Waals surface area contributed by atoms with Gasteiger partial charge in [-0.25, -0.2) is 0 Å². The molecule has 2 heterocycles. The van der Waals surface area contributed by atoms with Crippen LogP contribution in [0.25, 0.3) is 54.7 Å². The summed E-state index contributed by atoms with van der Waals surface area (Å²) in [6.07, 6.45) is 5.61. The first kappa shape index (κ1) is 18.5. The fourth-order valence-electron chi connectivity index (χ4n) is 4.69. The van der Waals surface area contributed by atoms with E-state index in [2.05, 4.69) is 76.7 Å². The summed E-state index contributed by atoms with van der Waals surface area (Å²) in [6.45, 7) is 0. The van der Waals surface area contributed by atoms with Crippen LogP contribution >= 0.6 is 0 Å². The van der Waals surface area contributed by atoms with Gasteiger partial charge in [0.15, 0.2) is 0 Å². The Morgan fingerprint density at radius 2 is 1.19 bits per heavy atom. The molecule has 4 aromatic carbocycles. The SMILES string of the molecule is COc1ccc(-c2c3ccccc3c(-c3cncc4ncccc34)c3ccccc23)cc1. The zero-order chi connectivity index (χ0) is 21.5. The molecule has 2 aromatic heterocycles. The maximum Gasteiger partial charge on any atom is 0.118 e. The number of aromatic nitrogens is 2. The molecule has 0 fully saturated rings. The van der Waals surface area contributed by atoms with Crippen molar-refractivity contribution in [1.29, 1.82) is 0 Å². The van der Waals surface area contributed by atoms with Crippen molar-refractivity contribution in [3.63, 3.8) is 0 Å². The summed E-state index contributed by atoms with van der Waals surface area (Å²) < 4.78 is 5.38. The van der Waals surface area contributed by atoms with E-state index < -0.39 is 0 Å². The molecule has 152 valence electrons. The van der Waals surface area contributed by atoms with Crippen LogP contribution < -0.4 is 4.74 Å². The van der Waals surface area contributed by atoms with Gasteiger partial charge >= 0.3 is 0 Å². The number of hydrogen-bond acceptors (Lipinski definition) is 3. The highest BCUT2D eigenvalue weighted by molar-refractivity contribution is 6.23. The first-order chi connectivity index (χ1) is 15.8. The van der Waals surface area contributed by atoms with Crippen molar-refractivity contribution in [3.05, 3.63) is 104 Å². The second-order valence-electron chi connectivity index (χ2n) is 7.83. The molecular weight excluding hydrogens is 392 g/mol. The predicted octanol–water partition coefficient (Wildman–Crippen LogP) is 7.28. The molecule has 0 aliphatic rings. The molecule has 0 bridgehead atoms. The van der Waals surface area contributed by atoms with Gasteiger partial charge in [0.05, 0.1) is 18.8 Å². The smallest absolute Gasteiger partial charge is 0.118 e. The van der Waals surface area contributed by atoms with Crippen molar-refractivity contribution >= 4 is 32.4 Å². The van der Waals surface area contributed by atoms with Gasteiger partial charge in [0.25, 0.3) is 0 Å². The van der Waals surface area contributed by atoms with Gasteiger partial charge in [-0.1, -0.05) is 66.7 Å². The number of pyridine rings is 2. The average molecular weight is 412 g/mol. The van der Waals surface area contributed by atoms with Crippen molar-refractivity contribution in [2.75, 3.05) is 7.11 Å². The highest BCUT2D eigenvalue weighted by Crippen LogP contribution is 2.44. The molecule has 0 saturated heterocycles. The summed E-state index contributed by atoms with van der Waals surface area (Å²) in [5.74, 6) is 0.855. The molecule has 0 aliphatic heterocycles. The number of fused-ring (bicyclic) bond motifs is 3. The lowest BCUT2D eigenvalue weighted by Crippen LogP contribution is -1.93. The Balaban J connectivity index is 1.78. The molecule has 0 atom stereocenters. The van der Waals surface area contributed by atoms with Gasteiger partial charge in [0.2, 0.25) is 0 Å². The summed E-state index contributed by atoms with van der Waals surface area (Å²) in [4.78, 5) is 9.06. The van der Waals surface area contributed by atoms with Crippen LogP contribution in [0.5, 0.6) is 5.75 Å². The zero-order valence-electron chi connectivity index (χ0n) is 17.6. The number of benzene rings is 4. The highest BCUT2D eigenvalue weighted by Gasteiger charge is 2.18. The minimum absolute atomic E-state index is 0.855. The first-order valence-corrected chi connectivity index (χ1v) is 10.6. The van der Waals surface area contributed by atoms with E-state index in [1.165, 1.54) is 38.2 Å². The molecule has 0 spiro atoms. The lowest BCUT2D eigenvalue weighted by atomic mass is 9.85. The molecule has 0 radical (unpaired) electrons. The number of hydrogen-bond donors (Lipinski definition) is 0. The molecule has 0 aliphatic carbocycles. The normalized spacial score (nSPS) is 11.3. The van der Waals surface area contributed by atoms with Gasteiger partial charge in [-0.3, -0.25) is 9.97 Å². The van der Waals surface area contributed by atoms with Crippen LogP contribution in [0.1, 0.15) is 0 Å². The summed E-state index contributed by atoms with van der Waals surface area (Å²) in [7, 11) is 1.70. The molecule has 0 unspecified atom stereocenters. The third kappa shape index (κ3) is 2.83. The van der Waals surface area contributed by atoms with Crippen LogP contribution in [0.2, 0.25) is 0 Å². The third-order valence-electron chi connectivity index (χ3n) is 6.11. The summed E-state index contributed by atoms with van der Waals surface area (Å²) in [6, 6.07) is 29.7. The Bertz CT molecular complexity index is 1540. The molecule has 32 heavy (non-hydrogen) atoms. The Kier molecular flexibility index (Phi) is 4.32. The molecule has 0 saturated carbocycles. The summed E-state index contributed by atoms with van der Waals surface area (Å²) >= 11 is 0. The van der Waals surface area contributed by atoms with E-state index in [9.17, 15) is 0 Å². The molecule has 6 rings (SSSR count). The van der Waals surface area contributed by atoms with Crippen molar-refractivity contribution < 1.29 is 4.74 Å². The zero-order valence-corrected chi connectivity index (χ0v) is 17.6. The van der Waals surface area contributed by atoms with E-state index in [4.69, 9.17) is 4.74 Å². The minimum atomic E-state index is 0.855. The van der Waals surface area contributed by atoms with E-state index >= 15 is 0 Å². The van der Waals surface area contributed by atoms with Crippen molar-refractivity contribution in [3.8, 4) is 28.0 Å². The maximum absolute atomic E-state index is 5.38. The van der Waals surface area contributed by atoms with Crippen molar-refractivity contribution in [2.45, 2.75) is 0 Å². The molecule has 6 aromatic rings. The number of rotatable bonds is 3. The molecule has 3 heteroatoms. The van der Waals surface area contributed by atoms with Gasteiger partial charge in [-0.15, -0.1) is 0 Å². The van der Waals surface area contributed by atoms with E-state index in [0.717, 1.165) is 22.2 Å². The quantitative estimate of drug-likeness (QED) is 0.287. The lowest BCUT2D eigenvalue weighted by molar-refractivity contribution is 0.415. The summed E-state index contributed by atoms with van der Waals surface area (Å²) in [5, 5.41) is 5.94. The average Bonchev–Trinajstić information content (AvgIpc) is 2.87. The maximum atomic E-state index is 5.38. The van der Waals surface area contributed by atoms with Gasteiger partial charge in [-0.05, 0) is 56.4 Å². The van der Waals surface area contributed by atoms with Crippen molar-refractivity contribution in [2.24, 2.45) is 0 Å². The Morgan fingerprint density at radius 1 is 0.594 bits per heavy atom. The van der Waals surface area contributed by atoms with Crippen molar-refractivity contribution in [1.82, 2.24) is 9.97 Å². The lowest BCUT2D eigenvalue weighted by Gasteiger charge is -2.18. The minimum Gasteiger partial charge on any atom is -0.497 e. The highest BCUT2D eigenvalue weighted by atomic mass is 16.5. The van der Waals surface area contributed by atoms with Crippen LogP contribution in [0.4, 0.5) is 0 Å². The monoisotopic (exact) mass is 412 g/mol. The first-order valence-electron chi connectivity index (χ1n) is 10.6.